The topological polar surface area (TPSA) is 35.6 Å². The van der Waals surface area contributed by atoms with Crippen LogP contribution in [0.15, 0.2) is 54.6 Å². The molecule has 0 atom stereocenters. The Bertz CT molecular complexity index is 656. The van der Waals surface area contributed by atoms with E-state index in [2.05, 4.69) is 22.3 Å². The molecule has 1 saturated heterocycles. The molecule has 0 saturated carbocycles. The van der Waals surface area contributed by atoms with Crippen LogP contribution in [0.3, 0.4) is 0 Å². The molecule has 1 heterocycles. The summed E-state index contributed by atoms with van der Waals surface area (Å²) in [7, 11) is 2.03. The van der Waals surface area contributed by atoms with Crippen molar-refractivity contribution in [3.8, 4) is 0 Å². The van der Waals surface area contributed by atoms with Gasteiger partial charge in [0.05, 0.1) is 6.04 Å². The van der Waals surface area contributed by atoms with Crippen LogP contribution < -0.4 is 10.2 Å². The number of nitrogens with zero attached hydrogens (tertiary/aromatic N) is 2. The molecular formula is C17H18FN3O. The molecule has 0 bridgehead atoms. The summed E-state index contributed by atoms with van der Waals surface area (Å²) in [5, 5.41) is 2.71. The first-order valence-corrected chi connectivity index (χ1v) is 7.23. The minimum atomic E-state index is -0.358. The van der Waals surface area contributed by atoms with Crippen LogP contribution in [-0.2, 0) is 0 Å². The number of hydrogen-bond acceptors (Lipinski definition) is 2. The minimum Gasteiger partial charge on any atom is -0.368 e. The Kier molecular flexibility index (Phi) is 3.96. The number of anilines is 2. The van der Waals surface area contributed by atoms with Gasteiger partial charge >= 0.3 is 6.03 Å². The number of carbonyl (C=O) groups excluding carboxylic acids is 1. The number of halogens is 1. The monoisotopic (exact) mass is 299 g/mol. The third kappa shape index (κ3) is 3.03. The number of rotatable bonds is 3. The van der Waals surface area contributed by atoms with Crippen molar-refractivity contribution in [3.05, 3.63) is 60.4 Å². The molecule has 0 unspecified atom stereocenters. The number of para-hydroxylation sites is 1. The number of hydrogen-bond donors (Lipinski definition) is 1. The summed E-state index contributed by atoms with van der Waals surface area (Å²) in [5.41, 5.74) is 1.61. The van der Waals surface area contributed by atoms with Gasteiger partial charge in [-0.3, -0.25) is 0 Å². The van der Waals surface area contributed by atoms with Gasteiger partial charge < -0.3 is 15.1 Å². The molecule has 0 aromatic heterocycles. The lowest BCUT2D eigenvalue weighted by Gasteiger charge is -2.44. The quantitative estimate of drug-likeness (QED) is 0.945. The molecule has 4 nitrogen and oxygen atoms in total. The van der Waals surface area contributed by atoms with Gasteiger partial charge in [0.15, 0.2) is 0 Å². The second kappa shape index (κ2) is 6.05. The second-order valence-corrected chi connectivity index (χ2v) is 5.45. The molecule has 5 heteroatoms. The standard InChI is InChI=1S/C17H18FN3O/c1-20(15-8-3-2-4-9-15)16-11-21(12-16)17(22)19-14-7-5-6-13(18)10-14/h2-10,16H,11-12H2,1H3,(H,19,22). The van der Waals surface area contributed by atoms with E-state index in [9.17, 15) is 9.18 Å². The number of urea groups is 1. The van der Waals surface area contributed by atoms with E-state index in [1.54, 1.807) is 17.0 Å². The highest BCUT2D eigenvalue weighted by Gasteiger charge is 2.33. The maximum absolute atomic E-state index is 13.1. The Labute approximate surface area is 129 Å². The lowest BCUT2D eigenvalue weighted by atomic mass is 10.1. The summed E-state index contributed by atoms with van der Waals surface area (Å²) >= 11 is 0. The smallest absolute Gasteiger partial charge is 0.321 e. The zero-order chi connectivity index (χ0) is 15.5. The van der Waals surface area contributed by atoms with Gasteiger partial charge in [-0.05, 0) is 30.3 Å². The Balaban J connectivity index is 1.53. The zero-order valence-electron chi connectivity index (χ0n) is 12.4. The Morgan fingerprint density at radius 2 is 1.91 bits per heavy atom. The molecule has 1 aliphatic heterocycles. The van der Waals surface area contributed by atoms with E-state index in [1.165, 1.54) is 12.1 Å². The van der Waals surface area contributed by atoms with Gasteiger partial charge in [-0.15, -0.1) is 0 Å². The predicted molar refractivity (Wildman–Crippen MR) is 85.6 cm³/mol. The van der Waals surface area contributed by atoms with Gasteiger partial charge in [-0.25, -0.2) is 9.18 Å². The molecule has 22 heavy (non-hydrogen) atoms. The van der Waals surface area contributed by atoms with Gasteiger partial charge in [0.2, 0.25) is 0 Å². The summed E-state index contributed by atoms with van der Waals surface area (Å²) < 4.78 is 13.1. The van der Waals surface area contributed by atoms with Crippen LogP contribution in [0.5, 0.6) is 0 Å². The number of likely N-dealkylation sites (tertiary alicyclic amines) is 1. The van der Waals surface area contributed by atoms with E-state index in [1.807, 2.05) is 25.2 Å². The lowest BCUT2D eigenvalue weighted by molar-refractivity contribution is 0.163. The molecule has 1 aliphatic rings. The minimum absolute atomic E-state index is 0.191. The molecule has 3 rings (SSSR count). The number of amides is 2. The van der Waals surface area contributed by atoms with Crippen LogP contribution in [0.4, 0.5) is 20.6 Å². The Morgan fingerprint density at radius 3 is 2.59 bits per heavy atom. The van der Waals surface area contributed by atoms with Crippen molar-refractivity contribution in [1.82, 2.24) is 4.90 Å². The Morgan fingerprint density at radius 1 is 1.18 bits per heavy atom. The highest BCUT2D eigenvalue weighted by molar-refractivity contribution is 5.90. The second-order valence-electron chi connectivity index (χ2n) is 5.45. The van der Waals surface area contributed by atoms with E-state index >= 15 is 0 Å². The largest absolute Gasteiger partial charge is 0.368 e. The first kappa shape index (κ1) is 14.4. The van der Waals surface area contributed by atoms with E-state index in [-0.39, 0.29) is 11.8 Å². The highest BCUT2D eigenvalue weighted by Crippen LogP contribution is 2.21. The SMILES string of the molecule is CN(c1ccccc1)C1CN(C(=O)Nc2cccc(F)c2)C1. The molecule has 114 valence electrons. The average molecular weight is 299 g/mol. The summed E-state index contributed by atoms with van der Waals surface area (Å²) in [6.45, 7) is 1.32. The van der Waals surface area contributed by atoms with Gasteiger partial charge in [-0.2, -0.15) is 0 Å². The van der Waals surface area contributed by atoms with Crippen LogP contribution in [0.2, 0.25) is 0 Å². The van der Waals surface area contributed by atoms with Crippen molar-refractivity contribution in [2.75, 3.05) is 30.4 Å². The fraction of sp³-hybridized carbons (Fsp3) is 0.235. The van der Waals surface area contributed by atoms with E-state index in [0.29, 0.717) is 24.8 Å². The Hall–Kier alpha value is -2.56. The van der Waals surface area contributed by atoms with Crippen LogP contribution in [0, 0.1) is 5.82 Å². The van der Waals surface area contributed by atoms with Crippen LogP contribution in [-0.4, -0.2) is 37.1 Å². The normalized spacial score (nSPS) is 14.4. The molecule has 1 fully saturated rings. The molecule has 2 aromatic rings. The maximum atomic E-state index is 13.1. The van der Waals surface area contributed by atoms with Crippen LogP contribution in [0.25, 0.3) is 0 Å². The highest BCUT2D eigenvalue weighted by atomic mass is 19.1. The number of likely N-dealkylation sites (N-methyl/N-ethyl adjacent to an activating group) is 1. The van der Waals surface area contributed by atoms with E-state index in [4.69, 9.17) is 0 Å². The predicted octanol–water partition coefficient (Wildman–Crippen LogP) is 3.18. The van der Waals surface area contributed by atoms with Crippen molar-refractivity contribution in [3.63, 3.8) is 0 Å². The third-order valence-corrected chi connectivity index (χ3v) is 3.94. The summed E-state index contributed by atoms with van der Waals surface area (Å²) in [4.78, 5) is 16.0. The van der Waals surface area contributed by atoms with Crippen molar-refractivity contribution >= 4 is 17.4 Å². The van der Waals surface area contributed by atoms with Crippen LogP contribution >= 0.6 is 0 Å². The van der Waals surface area contributed by atoms with Crippen molar-refractivity contribution in [2.45, 2.75) is 6.04 Å². The van der Waals surface area contributed by atoms with Crippen molar-refractivity contribution in [1.29, 1.82) is 0 Å². The number of nitrogens with one attached hydrogen (secondary N) is 1. The van der Waals surface area contributed by atoms with E-state index < -0.39 is 0 Å². The zero-order valence-corrected chi connectivity index (χ0v) is 12.4. The third-order valence-electron chi connectivity index (χ3n) is 3.94. The molecule has 2 aromatic carbocycles. The summed E-state index contributed by atoms with van der Waals surface area (Å²) in [5.74, 6) is -0.358. The fourth-order valence-electron chi connectivity index (χ4n) is 2.51. The molecule has 2 amide bonds. The first-order chi connectivity index (χ1) is 10.6. The summed E-state index contributed by atoms with van der Waals surface area (Å²) in [6.07, 6.45) is 0. The molecule has 0 spiro atoms. The maximum Gasteiger partial charge on any atom is 0.321 e. The van der Waals surface area contributed by atoms with Gasteiger partial charge in [0.1, 0.15) is 5.82 Å². The molecule has 0 radical (unpaired) electrons. The van der Waals surface area contributed by atoms with Crippen molar-refractivity contribution in [2.24, 2.45) is 0 Å². The molecule has 0 aliphatic carbocycles. The fourth-order valence-corrected chi connectivity index (χ4v) is 2.51. The lowest BCUT2D eigenvalue weighted by Crippen LogP contribution is -2.61. The summed E-state index contributed by atoms with van der Waals surface area (Å²) in [6, 6.07) is 16.1. The van der Waals surface area contributed by atoms with Crippen LogP contribution in [0.1, 0.15) is 0 Å². The number of benzene rings is 2. The number of carbonyl (C=O) groups is 1. The van der Waals surface area contributed by atoms with Gasteiger partial charge in [0.25, 0.3) is 0 Å². The van der Waals surface area contributed by atoms with Crippen molar-refractivity contribution < 1.29 is 9.18 Å². The first-order valence-electron chi connectivity index (χ1n) is 7.23. The van der Waals surface area contributed by atoms with Gasteiger partial charge in [-0.1, -0.05) is 24.3 Å². The van der Waals surface area contributed by atoms with Gasteiger partial charge in [0, 0.05) is 31.5 Å². The average Bonchev–Trinajstić information content (AvgIpc) is 2.46. The molecule has 1 N–H and O–H groups in total. The van der Waals surface area contributed by atoms with E-state index in [0.717, 1.165) is 5.69 Å². The molecular weight excluding hydrogens is 281 g/mol.